The molecule has 8 nitrogen and oxygen atoms in total. The van der Waals surface area contributed by atoms with E-state index in [0.29, 0.717) is 43.9 Å². The Hall–Kier alpha value is -3.53. The highest BCUT2D eigenvalue weighted by Gasteiger charge is 2.35. The Kier molecular flexibility index (Phi) is 9.16. The molecule has 0 spiro atoms. The number of anilines is 1. The molecule has 0 radical (unpaired) electrons. The molecule has 1 heterocycles. The second kappa shape index (κ2) is 12.5. The molecule has 0 saturated carbocycles. The predicted molar refractivity (Wildman–Crippen MR) is 154 cm³/mol. The van der Waals surface area contributed by atoms with Crippen LogP contribution >= 0.6 is 39.1 Å². The molecule has 0 atom stereocenters. The van der Waals surface area contributed by atoms with E-state index in [2.05, 4.69) is 26.6 Å². The van der Waals surface area contributed by atoms with Gasteiger partial charge in [0.1, 0.15) is 18.8 Å². The van der Waals surface area contributed by atoms with Gasteiger partial charge in [-0.3, -0.25) is 9.59 Å². The molecule has 2 N–H and O–H groups in total. The number of urea groups is 1. The normalized spacial score (nSPS) is 14.0. The van der Waals surface area contributed by atoms with Crippen molar-refractivity contribution in [3.8, 4) is 11.5 Å². The van der Waals surface area contributed by atoms with Crippen molar-refractivity contribution in [1.82, 2.24) is 10.2 Å². The highest BCUT2D eigenvalue weighted by molar-refractivity contribution is 9.10. The average molecular weight is 633 g/mol. The Morgan fingerprint density at radius 2 is 1.82 bits per heavy atom. The van der Waals surface area contributed by atoms with Gasteiger partial charge in [0.25, 0.3) is 5.91 Å². The SMILES string of the molecule is CCOc1cc(C=C2NC(=O)N(CC(=O)Nc3ccc(C)cc3)C2=O)cc(Br)c1OCc1ccc(Cl)cc1Cl. The number of nitrogens with one attached hydrogen (secondary N) is 2. The van der Waals surface area contributed by atoms with Crippen molar-refractivity contribution in [3.63, 3.8) is 0 Å². The van der Waals surface area contributed by atoms with Crippen LogP contribution in [0, 0.1) is 6.92 Å². The predicted octanol–water partition coefficient (Wildman–Crippen LogP) is 6.57. The first-order valence-corrected chi connectivity index (χ1v) is 13.4. The summed E-state index contributed by atoms with van der Waals surface area (Å²) >= 11 is 15.7. The zero-order chi connectivity index (χ0) is 28.1. The average Bonchev–Trinajstić information content (AvgIpc) is 3.13. The van der Waals surface area contributed by atoms with Gasteiger partial charge in [-0.25, -0.2) is 9.69 Å². The Morgan fingerprint density at radius 3 is 2.51 bits per heavy atom. The number of carbonyl (C=O) groups is 3. The van der Waals surface area contributed by atoms with Gasteiger partial charge >= 0.3 is 6.03 Å². The van der Waals surface area contributed by atoms with Crippen LogP contribution in [0.5, 0.6) is 11.5 Å². The van der Waals surface area contributed by atoms with Crippen molar-refractivity contribution in [2.75, 3.05) is 18.5 Å². The lowest BCUT2D eigenvalue weighted by Crippen LogP contribution is -2.38. The second-order valence-electron chi connectivity index (χ2n) is 8.58. The number of halogens is 3. The van der Waals surface area contributed by atoms with E-state index in [1.807, 2.05) is 26.0 Å². The zero-order valence-electron chi connectivity index (χ0n) is 21.0. The number of hydrogen-bond acceptors (Lipinski definition) is 5. The molecule has 0 unspecified atom stereocenters. The van der Waals surface area contributed by atoms with Gasteiger partial charge in [0.05, 0.1) is 11.1 Å². The van der Waals surface area contributed by atoms with Crippen molar-refractivity contribution < 1.29 is 23.9 Å². The molecule has 0 aromatic heterocycles. The largest absolute Gasteiger partial charge is 0.490 e. The fourth-order valence-corrected chi connectivity index (χ4v) is 4.76. The third-order valence-corrected chi connectivity index (χ3v) is 6.81. The van der Waals surface area contributed by atoms with E-state index >= 15 is 0 Å². The molecule has 4 amide bonds. The van der Waals surface area contributed by atoms with Gasteiger partial charge in [-0.1, -0.05) is 47.0 Å². The molecular weight excluding hydrogens is 609 g/mol. The minimum atomic E-state index is -0.686. The molecular formula is C28H24BrCl2N3O5. The van der Waals surface area contributed by atoms with E-state index in [9.17, 15) is 14.4 Å². The van der Waals surface area contributed by atoms with Crippen molar-refractivity contribution in [2.45, 2.75) is 20.5 Å². The zero-order valence-corrected chi connectivity index (χ0v) is 24.1. The number of hydrogen-bond donors (Lipinski definition) is 2. The number of imide groups is 1. The molecule has 0 aliphatic carbocycles. The van der Waals surface area contributed by atoms with E-state index in [4.69, 9.17) is 32.7 Å². The third-order valence-electron chi connectivity index (χ3n) is 5.63. The van der Waals surface area contributed by atoms with Crippen LogP contribution in [0.4, 0.5) is 10.5 Å². The molecule has 3 aromatic rings. The van der Waals surface area contributed by atoms with E-state index in [-0.39, 0.29) is 12.3 Å². The summed E-state index contributed by atoms with van der Waals surface area (Å²) in [4.78, 5) is 38.7. The number of rotatable bonds is 9. The number of nitrogens with zero attached hydrogens (tertiary/aromatic N) is 1. The van der Waals surface area contributed by atoms with Crippen LogP contribution in [0.15, 0.2) is 64.8 Å². The van der Waals surface area contributed by atoms with Crippen molar-refractivity contribution in [2.24, 2.45) is 0 Å². The summed E-state index contributed by atoms with van der Waals surface area (Å²) in [6.45, 7) is 3.87. The van der Waals surface area contributed by atoms with Gasteiger partial charge in [0.2, 0.25) is 5.91 Å². The molecule has 202 valence electrons. The van der Waals surface area contributed by atoms with Gasteiger partial charge in [-0.15, -0.1) is 0 Å². The summed E-state index contributed by atoms with van der Waals surface area (Å²) in [6, 6.07) is 15.1. The third kappa shape index (κ3) is 7.11. The summed E-state index contributed by atoms with van der Waals surface area (Å²) in [5.74, 6) is -0.241. The van der Waals surface area contributed by atoms with Crippen LogP contribution in [0.2, 0.25) is 10.0 Å². The van der Waals surface area contributed by atoms with Crippen molar-refractivity contribution in [3.05, 3.63) is 91.5 Å². The number of aryl methyl sites for hydroxylation is 1. The molecule has 11 heteroatoms. The number of carbonyl (C=O) groups excluding carboxylic acids is 3. The molecule has 1 fully saturated rings. The lowest BCUT2D eigenvalue weighted by atomic mass is 10.1. The van der Waals surface area contributed by atoms with E-state index < -0.39 is 24.4 Å². The molecule has 1 aliphatic heterocycles. The quantitative estimate of drug-likeness (QED) is 0.205. The summed E-state index contributed by atoms with van der Waals surface area (Å²) < 4.78 is 12.3. The minimum absolute atomic E-state index is 0.0269. The van der Waals surface area contributed by atoms with E-state index in [1.54, 1.807) is 42.5 Å². The first kappa shape index (κ1) is 28.5. The molecule has 0 bridgehead atoms. The highest BCUT2D eigenvalue weighted by atomic mass is 79.9. The van der Waals surface area contributed by atoms with Crippen molar-refractivity contribution in [1.29, 1.82) is 0 Å². The fourth-order valence-electron chi connectivity index (χ4n) is 3.73. The topological polar surface area (TPSA) is 97.0 Å². The molecule has 4 rings (SSSR count). The maximum absolute atomic E-state index is 12.9. The number of ether oxygens (including phenoxy) is 2. The standard InChI is InChI=1S/C28H24BrCl2N3O5/c1-3-38-24-12-17(10-21(29)26(24)39-15-18-6-7-19(30)13-22(18)31)11-23-27(36)34(28(37)33-23)14-25(35)32-20-8-4-16(2)5-9-20/h4-13H,3,14-15H2,1-2H3,(H,32,35)(H,33,37). The van der Waals surface area contributed by atoms with Crippen LogP contribution < -0.4 is 20.1 Å². The molecule has 1 saturated heterocycles. The van der Waals surface area contributed by atoms with Crippen LogP contribution in [0.25, 0.3) is 6.08 Å². The maximum atomic E-state index is 12.9. The van der Waals surface area contributed by atoms with Gasteiger partial charge < -0.3 is 20.1 Å². The minimum Gasteiger partial charge on any atom is -0.490 e. The summed E-state index contributed by atoms with van der Waals surface area (Å²) in [5.41, 5.74) is 2.95. The molecule has 39 heavy (non-hydrogen) atoms. The van der Waals surface area contributed by atoms with Crippen molar-refractivity contribution >= 4 is 68.7 Å². The van der Waals surface area contributed by atoms with E-state index in [1.165, 1.54) is 6.08 Å². The summed E-state index contributed by atoms with van der Waals surface area (Å²) in [7, 11) is 0. The Bertz CT molecular complexity index is 1460. The smallest absolute Gasteiger partial charge is 0.329 e. The van der Waals surface area contributed by atoms with Crippen LogP contribution in [0.1, 0.15) is 23.6 Å². The Labute approximate surface area is 244 Å². The fraction of sp³-hybridized carbons (Fsp3) is 0.179. The van der Waals surface area contributed by atoms with Crippen LogP contribution in [-0.2, 0) is 16.2 Å². The van der Waals surface area contributed by atoms with Gasteiger partial charge in [0.15, 0.2) is 11.5 Å². The van der Waals surface area contributed by atoms with Crippen LogP contribution in [-0.4, -0.2) is 35.9 Å². The van der Waals surface area contributed by atoms with Gasteiger partial charge in [-0.05, 0) is 77.8 Å². The second-order valence-corrected chi connectivity index (χ2v) is 10.3. The van der Waals surface area contributed by atoms with E-state index in [0.717, 1.165) is 16.0 Å². The molecule has 3 aromatic carbocycles. The summed E-state index contributed by atoms with van der Waals surface area (Å²) in [5, 5.41) is 6.21. The maximum Gasteiger partial charge on any atom is 0.329 e. The summed E-state index contributed by atoms with van der Waals surface area (Å²) in [6.07, 6.45) is 1.51. The highest BCUT2D eigenvalue weighted by Crippen LogP contribution is 2.38. The molecule has 1 aliphatic rings. The lowest BCUT2D eigenvalue weighted by molar-refractivity contribution is -0.127. The van der Waals surface area contributed by atoms with Gasteiger partial charge in [0, 0.05) is 21.3 Å². The Morgan fingerprint density at radius 1 is 1.08 bits per heavy atom. The number of amides is 4. The van der Waals surface area contributed by atoms with Gasteiger partial charge in [-0.2, -0.15) is 0 Å². The first-order chi connectivity index (χ1) is 18.6. The number of benzene rings is 3. The Balaban J connectivity index is 1.49. The first-order valence-electron chi connectivity index (χ1n) is 11.9. The van der Waals surface area contributed by atoms with Crippen LogP contribution in [0.3, 0.4) is 0 Å². The monoisotopic (exact) mass is 631 g/mol. The lowest BCUT2D eigenvalue weighted by Gasteiger charge is -2.15.